The van der Waals surface area contributed by atoms with Gasteiger partial charge in [-0.15, -0.1) is 12.5 Å². The van der Waals surface area contributed by atoms with Crippen LogP contribution in [0.5, 0.6) is 0 Å². The van der Waals surface area contributed by atoms with Crippen LogP contribution in [-0.4, -0.2) is 20.7 Å². The maximum Gasteiger partial charge on any atom is 2.00 e. The molecule has 5 aliphatic rings. The number of hydrogen-bond acceptors (Lipinski definition) is 0. The summed E-state index contributed by atoms with van der Waals surface area (Å²) in [6.07, 6.45) is 8.61. The van der Waals surface area contributed by atoms with E-state index in [0.717, 1.165) is 25.7 Å². The number of hydrogen-bond donors (Lipinski definition) is 0. The van der Waals surface area contributed by atoms with Crippen molar-refractivity contribution in [3.8, 4) is 11.1 Å². The van der Waals surface area contributed by atoms with Gasteiger partial charge >= 0.3 is 26.2 Å². The van der Waals surface area contributed by atoms with Crippen LogP contribution in [0.25, 0.3) is 16.9 Å². The Morgan fingerprint density at radius 2 is 1.06 bits per heavy atom. The number of rotatable bonds is 3. The number of halogens is 1. The van der Waals surface area contributed by atoms with Crippen LogP contribution in [-0.2, 0) is 26.2 Å². The molecule has 4 aromatic carbocycles. The molecule has 9 rings (SSSR count). The Morgan fingerprint density at radius 3 is 1.36 bits per heavy atom. The summed E-state index contributed by atoms with van der Waals surface area (Å²) in [5.41, 5.74) is 13.6. The zero-order valence-corrected chi connectivity index (χ0v) is 32.1. The molecule has 0 amide bonds. The van der Waals surface area contributed by atoms with E-state index in [1.165, 1.54) is 44.6 Å². The first kappa shape index (κ1) is 37.2. The van der Waals surface area contributed by atoms with Crippen LogP contribution >= 0.6 is 0 Å². The van der Waals surface area contributed by atoms with E-state index in [2.05, 4.69) is 143 Å². The van der Waals surface area contributed by atoms with Gasteiger partial charge in [-0.2, -0.15) is 11.1 Å². The van der Waals surface area contributed by atoms with Gasteiger partial charge in [0.2, 0.25) is 0 Å². The Balaban J connectivity index is 0.000000142. The van der Waals surface area contributed by atoms with E-state index < -0.39 is 5.67 Å². The van der Waals surface area contributed by atoms with E-state index in [9.17, 15) is 4.39 Å². The van der Waals surface area contributed by atoms with Gasteiger partial charge in [0.25, 0.3) is 0 Å². The summed E-state index contributed by atoms with van der Waals surface area (Å²) in [6.45, 7) is 8.67. The van der Waals surface area contributed by atoms with Crippen molar-refractivity contribution in [2.45, 2.75) is 77.4 Å². The molecule has 3 atom stereocenters. The molecule has 1 N–H and O–H groups in total. The molecule has 241 valence electrons. The second kappa shape index (κ2) is 17.1. The number of nitrogens with one attached hydrogen (secondary N) is 1. The van der Waals surface area contributed by atoms with E-state index in [0.29, 0.717) is 24.2 Å². The van der Waals surface area contributed by atoms with Crippen molar-refractivity contribution in [1.29, 1.82) is 0 Å². The first-order valence-electron chi connectivity index (χ1n) is 16.9. The van der Waals surface area contributed by atoms with Crippen LogP contribution in [0, 0.1) is 23.8 Å². The molecular weight excluding hydrogens is 669 g/mol. The number of benzene rings is 4. The fraction of sp³-hybridized carbons (Fsp3) is 0.349. The summed E-state index contributed by atoms with van der Waals surface area (Å²) >= 11 is 0. The van der Waals surface area contributed by atoms with Gasteiger partial charge in [-0.1, -0.05) is 171 Å². The molecule has 0 aromatic heterocycles. The summed E-state index contributed by atoms with van der Waals surface area (Å²) in [5.74, 6) is 1.66. The van der Waals surface area contributed by atoms with Gasteiger partial charge in [-0.25, -0.2) is 9.96 Å². The van der Waals surface area contributed by atoms with Gasteiger partial charge in [0.15, 0.2) is 0 Å². The van der Waals surface area contributed by atoms with E-state index in [-0.39, 0.29) is 41.3 Å². The normalized spacial score (nSPS) is 26.3. The molecule has 4 bridgehead atoms. The zero-order valence-electron chi connectivity index (χ0n) is 28.5. The third-order valence-electron chi connectivity index (χ3n) is 10.0. The van der Waals surface area contributed by atoms with Crippen molar-refractivity contribution < 1.29 is 30.6 Å². The minimum atomic E-state index is -0.925. The molecule has 0 heterocycles. The predicted molar refractivity (Wildman–Crippen MR) is 197 cm³/mol. The molecule has 5 aliphatic carbocycles. The Labute approximate surface area is 304 Å². The third kappa shape index (κ3) is 10.7. The molecule has 4 saturated carbocycles. The largest absolute Gasteiger partial charge is 2.00 e. The first-order chi connectivity index (χ1) is 22.1. The van der Waals surface area contributed by atoms with Crippen molar-refractivity contribution in [3.05, 3.63) is 150 Å². The van der Waals surface area contributed by atoms with Gasteiger partial charge in [0.1, 0.15) is 15.2 Å². The van der Waals surface area contributed by atoms with Crippen LogP contribution in [0.1, 0.15) is 66.2 Å². The van der Waals surface area contributed by atoms with Crippen molar-refractivity contribution in [2.75, 3.05) is 0 Å². The molecule has 1 nitrogen and oxygen atoms in total. The fourth-order valence-corrected chi connectivity index (χ4v) is 9.08. The number of alkyl halides is 1. The Bertz CT molecular complexity index is 1480. The van der Waals surface area contributed by atoms with E-state index in [1.807, 2.05) is 12.1 Å². The first-order valence-corrected chi connectivity index (χ1v) is 18.0. The monoisotopic (exact) mass is 716 g/mol. The van der Waals surface area contributed by atoms with Gasteiger partial charge in [-0.3, -0.25) is 6.08 Å². The standard InChI is InChI=1S/C12H11Si.C12H10.C10H15FN.C9H13.Zr/c1-3-7-11(8-4-1)13-12-9-5-2-6-10-12;1-3-7-11(8-4-1)12-9-5-2-6-10-12;11-9-2-7-1-8(3-9)5-10(12,4-7)6-9;1-6-5-7(2)9(4)8(6)3;/h1-10,13H;1-10H;7-8,12H,1-6H2;6H,1-4H3;/q;;2*-1;+2. The molecule has 3 unspecified atom stereocenters. The SMILES string of the molecule is CC1=[C-]C(C)C(C)=C1C.[NH-]C12CC3CC(C1)CC(F)(C3)C2.[Zr+2].c1ccc(-c2ccccc2)cc1.c1ccc([SiH]c2ccccc2)cc1. The zero-order chi connectivity index (χ0) is 32.6. The Kier molecular flexibility index (Phi) is 13.6. The molecule has 0 saturated heterocycles. The second-order valence-corrected chi connectivity index (χ2v) is 15.5. The van der Waals surface area contributed by atoms with Gasteiger partial charge < -0.3 is 5.73 Å². The Morgan fingerprint density at radius 1 is 0.660 bits per heavy atom. The molecule has 4 heteroatoms. The second-order valence-electron chi connectivity index (χ2n) is 13.9. The van der Waals surface area contributed by atoms with E-state index in [4.69, 9.17) is 5.73 Å². The summed E-state index contributed by atoms with van der Waals surface area (Å²) in [4.78, 5) is 0. The van der Waals surface area contributed by atoms with Gasteiger partial charge in [0, 0.05) is 0 Å². The molecule has 1 radical (unpaired) electrons. The minimum absolute atomic E-state index is 0. The minimum Gasteiger partial charge on any atom is -0.672 e. The summed E-state index contributed by atoms with van der Waals surface area (Å²) in [7, 11) is 0.271. The third-order valence-corrected chi connectivity index (χ3v) is 11.5. The molecular formula is C43H49FNSiZr. The maximum atomic E-state index is 14.0. The summed E-state index contributed by atoms with van der Waals surface area (Å²) in [6, 6.07) is 42.1. The van der Waals surface area contributed by atoms with E-state index >= 15 is 0 Å². The average molecular weight is 718 g/mol. The molecule has 47 heavy (non-hydrogen) atoms. The molecule has 0 aliphatic heterocycles. The van der Waals surface area contributed by atoms with Crippen molar-refractivity contribution in [2.24, 2.45) is 17.8 Å². The quantitative estimate of drug-likeness (QED) is 0.149. The van der Waals surface area contributed by atoms with Crippen LogP contribution in [0.4, 0.5) is 4.39 Å². The molecule has 4 aromatic rings. The Hall–Kier alpha value is -2.65. The van der Waals surface area contributed by atoms with Crippen LogP contribution in [0.15, 0.2) is 138 Å². The van der Waals surface area contributed by atoms with Gasteiger partial charge in [-0.05, 0) is 48.6 Å². The maximum absolute atomic E-state index is 14.0. The predicted octanol–water partition coefficient (Wildman–Crippen LogP) is 10.2. The van der Waals surface area contributed by atoms with Crippen molar-refractivity contribution >= 4 is 19.9 Å². The van der Waals surface area contributed by atoms with Gasteiger partial charge in [0.05, 0.1) is 0 Å². The molecule has 4 fully saturated rings. The van der Waals surface area contributed by atoms with Crippen LogP contribution in [0.3, 0.4) is 0 Å². The fourth-order valence-electron chi connectivity index (χ4n) is 7.86. The van der Waals surface area contributed by atoms with Crippen LogP contribution in [0.2, 0.25) is 0 Å². The summed E-state index contributed by atoms with van der Waals surface area (Å²) in [5, 5.41) is 2.90. The van der Waals surface area contributed by atoms with Crippen molar-refractivity contribution in [3.63, 3.8) is 0 Å². The topological polar surface area (TPSA) is 23.8 Å². The molecule has 0 spiro atoms. The number of allylic oxidation sites excluding steroid dienone is 4. The van der Waals surface area contributed by atoms with E-state index in [1.54, 1.807) is 0 Å². The van der Waals surface area contributed by atoms with Crippen LogP contribution < -0.4 is 10.4 Å². The average Bonchev–Trinajstić information content (AvgIpc) is 3.27. The summed E-state index contributed by atoms with van der Waals surface area (Å²) < 4.78 is 14.0. The smallest absolute Gasteiger partial charge is 0.672 e. The van der Waals surface area contributed by atoms with Crippen molar-refractivity contribution in [1.82, 2.24) is 0 Å².